The third-order valence-corrected chi connectivity index (χ3v) is 5.47. The molecule has 3 rings (SSSR count). The summed E-state index contributed by atoms with van der Waals surface area (Å²) in [5.41, 5.74) is 1.29. The summed E-state index contributed by atoms with van der Waals surface area (Å²) in [6, 6.07) is 7.41. The van der Waals surface area contributed by atoms with Crippen LogP contribution in [0.15, 0.2) is 24.3 Å². The maximum Gasteiger partial charge on any atom is 0.412 e. The van der Waals surface area contributed by atoms with Crippen molar-refractivity contribution in [2.75, 3.05) is 18.4 Å². The molecule has 2 aliphatic rings. The van der Waals surface area contributed by atoms with Crippen LogP contribution in [0, 0.1) is 17.3 Å². The van der Waals surface area contributed by atoms with Gasteiger partial charge >= 0.3 is 6.09 Å². The van der Waals surface area contributed by atoms with Crippen LogP contribution in [0.4, 0.5) is 10.5 Å². The third kappa shape index (κ3) is 3.80. The number of likely N-dealkylation sites (tertiary alicyclic amines) is 1. The molecule has 0 aromatic heterocycles. The molecule has 1 aromatic carbocycles. The minimum atomic E-state index is -0.557. The largest absolute Gasteiger partial charge is 0.444 e. The number of piperidine rings is 1. The van der Waals surface area contributed by atoms with Crippen molar-refractivity contribution in [3.63, 3.8) is 0 Å². The molecule has 1 aliphatic carbocycles. The number of carbonyl (C=O) groups is 2. The van der Waals surface area contributed by atoms with Crippen LogP contribution in [0.5, 0.6) is 0 Å². The average Bonchev–Trinajstić information content (AvgIpc) is 2.87. The van der Waals surface area contributed by atoms with E-state index in [-0.39, 0.29) is 5.91 Å². The fourth-order valence-electron chi connectivity index (χ4n) is 3.82. The van der Waals surface area contributed by atoms with Crippen LogP contribution in [0.25, 0.3) is 0 Å². The summed E-state index contributed by atoms with van der Waals surface area (Å²) in [4.78, 5) is 26.6. The Kier molecular flexibility index (Phi) is 4.30. The molecule has 1 aliphatic heterocycles. The van der Waals surface area contributed by atoms with Gasteiger partial charge in [0.1, 0.15) is 5.60 Å². The third-order valence-electron chi connectivity index (χ3n) is 5.47. The first kappa shape index (κ1) is 17.8. The summed E-state index contributed by atoms with van der Waals surface area (Å²) in [6.07, 6.45) is -0.206. The first-order valence-electron chi connectivity index (χ1n) is 8.93. The first-order chi connectivity index (χ1) is 11.6. The van der Waals surface area contributed by atoms with Gasteiger partial charge in [-0.15, -0.1) is 0 Å². The first-order valence-corrected chi connectivity index (χ1v) is 8.93. The lowest BCUT2D eigenvalue weighted by atomic mass is 10.1. The number of para-hydroxylation sites is 1. The molecule has 2 amide bonds. The summed E-state index contributed by atoms with van der Waals surface area (Å²) in [5.74, 6) is 1.42. The van der Waals surface area contributed by atoms with Gasteiger partial charge in [-0.05, 0) is 49.7 Å². The maximum atomic E-state index is 12.6. The van der Waals surface area contributed by atoms with Crippen molar-refractivity contribution < 1.29 is 14.3 Å². The fourth-order valence-corrected chi connectivity index (χ4v) is 3.82. The number of nitrogens with one attached hydrogen (secondary N) is 1. The highest BCUT2D eigenvalue weighted by molar-refractivity contribution is 5.88. The lowest BCUT2D eigenvalue weighted by Gasteiger charge is -2.23. The summed E-state index contributed by atoms with van der Waals surface area (Å²) in [7, 11) is 0. The molecule has 0 bridgehead atoms. The van der Waals surface area contributed by atoms with Gasteiger partial charge in [-0.1, -0.05) is 32.0 Å². The zero-order valence-corrected chi connectivity index (χ0v) is 15.8. The minimum Gasteiger partial charge on any atom is -0.444 e. The predicted octanol–water partition coefficient (Wildman–Crippen LogP) is 3.69. The normalized spacial score (nSPS) is 23.8. The number of benzene rings is 1. The average molecular weight is 344 g/mol. The number of hydrogen-bond donors (Lipinski definition) is 1. The van der Waals surface area contributed by atoms with Crippen LogP contribution in [-0.4, -0.2) is 35.6 Å². The van der Waals surface area contributed by atoms with Crippen LogP contribution in [-0.2, 0) is 16.0 Å². The molecule has 5 nitrogen and oxygen atoms in total. The Morgan fingerprint density at radius 3 is 2.40 bits per heavy atom. The second-order valence-corrected chi connectivity index (χ2v) is 8.79. The number of ether oxygens (including phenoxy) is 1. The van der Waals surface area contributed by atoms with Crippen molar-refractivity contribution in [3.05, 3.63) is 29.8 Å². The number of nitrogens with zero attached hydrogens (tertiary/aromatic N) is 1. The van der Waals surface area contributed by atoms with Crippen LogP contribution in [0.2, 0.25) is 0 Å². The summed E-state index contributed by atoms with van der Waals surface area (Å²) in [5, 5.41) is 2.76. The number of fused-ring (bicyclic) bond motifs is 1. The van der Waals surface area contributed by atoms with E-state index in [0.29, 0.717) is 29.4 Å². The highest BCUT2D eigenvalue weighted by Crippen LogP contribution is 2.61. The Balaban J connectivity index is 1.62. The summed E-state index contributed by atoms with van der Waals surface area (Å²) in [6.45, 7) is 11.7. The van der Waals surface area contributed by atoms with E-state index in [0.717, 1.165) is 18.7 Å². The van der Waals surface area contributed by atoms with Gasteiger partial charge in [-0.25, -0.2) is 4.79 Å². The molecule has 5 heteroatoms. The van der Waals surface area contributed by atoms with Crippen LogP contribution >= 0.6 is 0 Å². The standard InChI is InChI=1S/C20H28N2O3/c1-19(2,3)25-18(24)21-16-9-7-6-8-13(16)10-17(23)22-11-14-15(12-22)20(14,4)5/h6-9,14-15H,10-12H2,1-5H3,(H,21,24)/t14-,15-/m0/s1. The Bertz CT molecular complexity index is 676. The number of rotatable bonds is 3. The maximum absolute atomic E-state index is 12.6. The van der Waals surface area contributed by atoms with Crippen LogP contribution in [0.1, 0.15) is 40.2 Å². The Hall–Kier alpha value is -2.04. The molecular weight excluding hydrogens is 316 g/mol. The molecule has 1 saturated heterocycles. The molecule has 1 saturated carbocycles. The van der Waals surface area contributed by atoms with Crippen molar-refractivity contribution in [1.29, 1.82) is 0 Å². The second kappa shape index (κ2) is 6.04. The zero-order valence-electron chi connectivity index (χ0n) is 15.8. The molecular formula is C20H28N2O3. The predicted molar refractivity (Wildman–Crippen MR) is 97.3 cm³/mol. The van der Waals surface area contributed by atoms with Gasteiger partial charge in [-0.3, -0.25) is 10.1 Å². The van der Waals surface area contributed by atoms with E-state index < -0.39 is 11.7 Å². The molecule has 1 aromatic rings. The van der Waals surface area contributed by atoms with Gasteiger partial charge in [0.2, 0.25) is 5.91 Å². The molecule has 1 N–H and O–H groups in total. The smallest absolute Gasteiger partial charge is 0.412 e. The fraction of sp³-hybridized carbons (Fsp3) is 0.600. The van der Waals surface area contributed by atoms with E-state index in [1.807, 2.05) is 43.9 Å². The van der Waals surface area contributed by atoms with Gasteiger partial charge in [-0.2, -0.15) is 0 Å². The molecule has 0 unspecified atom stereocenters. The molecule has 25 heavy (non-hydrogen) atoms. The van der Waals surface area contributed by atoms with Crippen molar-refractivity contribution in [3.8, 4) is 0 Å². The molecule has 2 atom stereocenters. The summed E-state index contributed by atoms with van der Waals surface area (Å²) < 4.78 is 5.30. The van der Waals surface area contributed by atoms with Crippen molar-refractivity contribution >= 4 is 17.7 Å². The van der Waals surface area contributed by atoms with Gasteiger partial charge in [0, 0.05) is 18.8 Å². The Morgan fingerprint density at radius 2 is 1.80 bits per heavy atom. The molecule has 136 valence electrons. The number of carbonyl (C=O) groups excluding carboxylic acids is 2. The number of hydrogen-bond acceptors (Lipinski definition) is 3. The molecule has 0 spiro atoms. The topological polar surface area (TPSA) is 58.6 Å². The summed E-state index contributed by atoms with van der Waals surface area (Å²) >= 11 is 0. The lowest BCUT2D eigenvalue weighted by Crippen LogP contribution is -2.34. The van der Waals surface area contributed by atoms with Crippen molar-refractivity contribution in [1.82, 2.24) is 4.90 Å². The van der Waals surface area contributed by atoms with Gasteiger partial charge in [0.25, 0.3) is 0 Å². The lowest BCUT2D eigenvalue weighted by molar-refractivity contribution is -0.130. The number of anilines is 1. The van der Waals surface area contributed by atoms with Crippen molar-refractivity contribution in [2.24, 2.45) is 17.3 Å². The van der Waals surface area contributed by atoms with E-state index in [1.165, 1.54) is 0 Å². The number of amides is 2. The second-order valence-electron chi connectivity index (χ2n) is 8.79. The van der Waals surface area contributed by atoms with E-state index in [9.17, 15) is 9.59 Å². The zero-order chi connectivity index (χ0) is 18.4. The Labute approximate surface area is 149 Å². The SMILES string of the molecule is CC(C)(C)OC(=O)Nc1ccccc1CC(=O)N1C[C@H]2[C@H](C1)C2(C)C. The van der Waals surface area contributed by atoms with Crippen LogP contribution in [0.3, 0.4) is 0 Å². The van der Waals surface area contributed by atoms with E-state index in [2.05, 4.69) is 19.2 Å². The molecule has 0 radical (unpaired) electrons. The monoisotopic (exact) mass is 344 g/mol. The quantitative estimate of drug-likeness (QED) is 0.910. The van der Waals surface area contributed by atoms with E-state index >= 15 is 0 Å². The van der Waals surface area contributed by atoms with E-state index in [4.69, 9.17) is 4.74 Å². The van der Waals surface area contributed by atoms with Gasteiger partial charge in [0.05, 0.1) is 6.42 Å². The Morgan fingerprint density at radius 1 is 1.20 bits per heavy atom. The molecule has 2 fully saturated rings. The van der Waals surface area contributed by atoms with E-state index in [1.54, 1.807) is 6.07 Å². The minimum absolute atomic E-state index is 0.126. The van der Waals surface area contributed by atoms with Gasteiger partial charge < -0.3 is 9.64 Å². The highest BCUT2D eigenvalue weighted by atomic mass is 16.6. The highest BCUT2D eigenvalue weighted by Gasteiger charge is 2.62. The van der Waals surface area contributed by atoms with Crippen LogP contribution < -0.4 is 5.32 Å². The van der Waals surface area contributed by atoms with Gasteiger partial charge in [0.15, 0.2) is 0 Å². The van der Waals surface area contributed by atoms with Crippen molar-refractivity contribution in [2.45, 2.75) is 46.6 Å². The molecule has 1 heterocycles.